The Balaban J connectivity index is 1.77. The number of quaternary nitrogens is 1. The van der Waals surface area contributed by atoms with Crippen LogP contribution in [0.4, 0.5) is 5.69 Å². The molecule has 0 radical (unpaired) electrons. The van der Waals surface area contributed by atoms with Crippen molar-refractivity contribution in [3.63, 3.8) is 0 Å². The topological polar surface area (TPSA) is 34.0 Å². The van der Waals surface area contributed by atoms with Gasteiger partial charge in [-0.25, -0.2) is 0 Å². The Morgan fingerprint density at radius 3 is 2.45 bits per heavy atom. The van der Waals surface area contributed by atoms with Crippen molar-refractivity contribution in [2.75, 3.05) is 37.7 Å². The molecule has 1 fully saturated rings. The van der Waals surface area contributed by atoms with Crippen molar-refractivity contribution in [1.82, 2.24) is 0 Å². The molecule has 2 aliphatic heterocycles. The van der Waals surface area contributed by atoms with Crippen LogP contribution in [0, 0.1) is 6.92 Å². The predicted octanol–water partition coefficient (Wildman–Crippen LogP) is 2.73. The molecule has 2 heterocycles. The van der Waals surface area contributed by atoms with Crippen LogP contribution < -0.4 is 9.80 Å². The maximum absolute atomic E-state index is 13.5. The highest BCUT2D eigenvalue weighted by molar-refractivity contribution is 5.97. The van der Waals surface area contributed by atoms with Crippen molar-refractivity contribution < 1.29 is 14.4 Å². The zero-order valence-corrected chi connectivity index (χ0v) is 18.1. The summed E-state index contributed by atoms with van der Waals surface area (Å²) in [4.78, 5) is 16.9. The number of benzene rings is 2. The van der Waals surface area contributed by atoms with E-state index in [-0.39, 0.29) is 16.9 Å². The Morgan fingerprint density at radius 2 is 1.76 bits per heavy atom. The van der Waals surface area contributed by atoms with Gasteiger partial charge in [-0.3, -0.25) is 4.79 Å². The van der Waals surface area contributed by atoms with E-state index in [1.807, 2.05) is 0 Å². The molecule has 0 saturated carbocycles. The zero-order chi connectivity index (χ0) is 20.6. The number of carbonyl (C=O) groups excluding carboxylic acids is 1. The lowest BCUT2D eigenvalue weighted by molar-refractivity contribution is -0.900. The molecule has 1 amide bonds. The number of nitrogens with zero attached hydrogens (tertiary/aromatic N) is 1. The monoisotopic (exact) mass is 393 g/mol. The van der Waals surface area contributed by atoms with Gasteiger partial charge in [0.1, 0.15) is 13.1 Å². The van der Waals surface area contributed by atoms with Crippen LogP contribution in [-0.2, 0) is 14.9 Å². The van der Waals surface area contributed by atoms with Crippen molar-refractivity contribution in [1.29, 1.82) is 0 Å². The highest BCUT2D eigenvalue weighted by atomic mass is 16.5. The average Bonchev–Trinajstić information content (AvgIpc) is 2.69. The number of hydrogen-bond donors (Lipinski definition) is 1. The molecule has 2 aromatic rings. The number of ether oxygens (including phenoxy) is 1. The van der Waals surface area contributed by atoms with Gasteiger partial charge in [0.05, 0.1) is 13.2 Å². The fourth-order valence-electron chi connectivity index (χ4n) is 5.32. The summed E-state index contributed by atoms with van der Waals surface area (Å²) in [6.07, 6.45) is 0.894. The lowest BCUT2D eigenvalue weighted by Gasteiger charge is -2.51. The van der Waals surface area contributed by atoms with Gasteiger partial charge in [-0.15, -0.1) is 0 Å². The van der Waals surface area contributed by atoms with E-state index in [0.29, 0.717) is 6.54 Å². The first kappa shape index (κ1) is 20.1. The van der Waals surface area contributed by atoms with Crippen LogP contribution in [0.1, 0.15) is 43.9 Å². The van der Waals surface area contributed by atoms with Gasteiger partial charge in [-0.05, 0) is 44.4 Å². The standard InChI is InChI=1S/C25H32N2O2/c1-19-10-11-22-21(16-19)25(4,20-8-6-5-7-9-20)18-24(2,3)27(22)23(28)17-26-12-14-29-15-13-26/h5-11,16H,12-15,17-18H2,1-4H3/p+1/t25-/m1/s1. The fraction of sp³-hybridized carbons (Fsp3) is 0.480. The second kappa shape index (κ2) is 7.58. The van der Waals surface area contributed by atoms with Crippen LogP contribution in [0.5, 0.6) is 0 Å². The summed E-state index contributed by atoms with van der Waals surface area (Å²) in [6.45, 7) is 12.7. The number of amides is 1. The SMILES string of the molecule is Cc1ccc2c(c1)[C@@](C)(c1ccccc1)CC(C)(C)N2C(=O)C[NH+]1CCOCC1. The smallest absolute Gasteiger partial charge is 0.282 e. The maximum atomic E-state index is 13.5. The van der Waals surface area contributed by atoms with Crippen LogP contribution in [-0.4, -0.2) is 44.3 Å². The van der Waals surface area contributed by atoms with Gasteiger partial charge < -0.3 is 14.5 Å². The summed E-state index contributed by atoms with van der Waals surface area (Å²) in [5, 5.41) is 0. The second-order valence-corrected chi connectivity index (χ2v) is 9.48. The highest BCUT2D eigenvalue weighted by Gasteiger charge is 2.48. The minimum absolute atomic E-state index is 0.130. The summed E-state index contributed by atoms with van der Waals surface area (Å²) in [6, 6.07) is 17.3. The first-order chi connectivity index (χ1) is 13.8. The van der Waals surface area contributed by atoms with Gasteiger partial charge in [-0.2, -0.15) is 0 Å². The molecule has 1 atom stereocenters. The molecule has 1 saturated heterocycles. The first-order valence-corrected chi connectivity index (χ1v) is 10.7. The largest absolute Gasteiger partial charge is 0.370 e. The summed E-state index contributed by atoms with van der Waals surface area (Å²) >= 11 is 0. The van der Waals surface area contributed by atoms with Crippen LogP contribution in [0.3, 0.4) is 0 Å². The van der Waals surface area contributed by atoms with Crippen LogP contribution in [0.2, 0.25) is 0 Å². The van der Waals surface area contributed by atoms with Crippen molar-refractivity contribution in [2.24, 2.45) is 0 Å². The van der Waals surface area contributed by atoms with Gasteiger partial charge >= 0.3 is 0 Å². The summed E-state index contributed by atoms with van der Waals surface area (Å²) in [5.41, 5.74) is 4.47. The number of fused-ring (bicyclic) bond motifs is 1. The van der Waals surface area contributed by atoms with Gasteiger partial charge in [0.15, 0.2) is 6.54 Å². The Labute approximate surface area is 174 Å². The number of rotatable bonds is 3. The minimum atomic E-state index is -0.268. The van der Waals surface area contributed by atoms with Crippen molar-refractivity contribution in [3.8, 4) is 0 Å². The molecule has 154 valence electrons. The molecule has 0 unspecified atom stereocenters. The van der Waals surface area contributed by atoms with E-state index in [2.05, 4.69) is 81.1 Å². The average molecular weight is 394 g/mol. The third-order valence-electron chi connectivity index (χ3n) is 6.64. The van der Waals surface area contributed by atoms with Crippen LogP contribution in [0.15, 0.2) is 48.5 Å². The number of nitrogens with one attached hydrogen (secondary N) is 1. The van der Waals surface area contributed by atoms with E-state index >= 15 is 0 Å². The van der Waals surface area contributed by atoms with Crippen LogP contribution >= 0.6 is 0 Å². The molecule has 4 nitrogen and oxygen atoms in total. The number of hydrogen-bond acceptors (Lipinski definition) is 2. The molecule has 0 spiro atoms. The van der Waals surface area contributed by atoms with E-state index in [4.69, 9.17) is 4.74 Å². The number of anilines is 1. The molecule has 1 N–H and O–H groups in total. The lowest BCUT2D eigenvalue weighted by atomic mass is 9.65. The molecule has 0 aromatic heterocycles. The number of aryl methyl sites for hydroxylation is 1. The molecule has 29 heavy (non-hydrogen) atoms. The molecular formula is C25H33N2O2+. The van der Waals surface area contributed by atoms with E-state index < -0.39 is 0 Å². The molecule has 4 rings (SSSR count). The third kappa shape index (κ3) is 3.72. The maximum Gasteiger partial charge on any atom is 0.282 e. The number of carbonyl (C=O) groups is 1. The molecule has 4 heteroatoms. The number of morpholine rings is 1. The third-order valence-corrected chi connectivity index (χ3v) is 6.64. The zero-order valence-electron chi connectivity index (χ0n) is 18.1. The van der Waals surface area contributed by atoms with Gasteiger partial charge in [0, 0.05) is 16.6 Å². The molecule has 0 aliphatic carbocycles. The lowest BCUT2D eigenvalue weighted by Crippen LogP contribution is -3.15. The van der Waals surface area contributed by atoms with Gasteiger partial charge in [0.25, 0.3) is 5.91 Å². The van der Waals surface area contributed by atoms with Crippen molar-refractivity contribution in [2.45, 2.75) is 45.1 Å². The molecular weight excluding hydrogens is 360 g/mol. The minimum Gasteiger partial charge on any atom is -0.370 e. The van der Waals surface area contributed by atoms with E-state index in [1.54, 1.807) is 0 Å². The summed E-state index contributed by atoms with van der Waals surface area (Å²) in [7, 11) is 0. The Kier molecular flexibility index (Phi) is 5.26. The normalized spacial score (nSPS) is 24.2. The highest BCUT2D eigenvalue weighted by Crippen LogP contribution is 2.50. The summed E-state index contributed by atoms with van der Waals surface area (Å²) in [5.74, 6) is 0.215. The Bertz CT molecular complexity index is 887. The fourth-order valence-corrected chi connectivity index (χ4v) is 5.32. The Morgan fingerprint density at radius 1 is 1.07 bits per heavy atom. The van der Waals surface area contributed by atoms with E-state index in [0.717, 1.165) is 38.4 Å². The van der Waals surface area contributed by atoms with Gasteiger partial charge in [0.2, 0.25) is 0 Å². The van der Waals surface area contributed by atoms with Crippen LogP contribution in [0.25, 0.3) is 0 Å². The predicted molar refractivity (Wildman–Crippen MR) is 117 cm³/mol. The van der Waals surface area contributed by atoms with Crippen molar-refractivity contribution in [3.05, 3.63) is 65.2 Å². The Hall–Kier alpha value is -2.17. The van der Waals surface area contributed by atoms with Gasteiger partial charge in [-0.1, -0.05) is 55.0 Å². The quantitative estimate of drug-likeness (QED) is 0.870. The molecule has 0 bridgehead atoms. The van der Waals surface area contributed by atoms with E-state index in [1.165, 1.54) is 21.6 Å². The summed E-state index contributed by atoms with van der Waals surface area (Å²) < 4.78 is 5.47. The van der Waals surface area contributed by atoms with Crippen molar-refractivity contribution >= 4 is 11.6 Å². The second-order valence-electron chi connectivity index (χ2n) is 9.48. The molecule has 2 aromatic carbocycles. The molecule has 2 aliphatic rings. The van der Waals surface area contributed by atoms with E-state index in [9.17, 15) is 4.79 Å². The first-order valence-electron chi connectivity index (χ1n) is 10.7.